The van der Waals surface area contributed by atoms with E-state index in [-0.39, 0.29) is 0 Å². The Bertz CT molecular complexity index is 333. The quantitative estimate of drug-likeness (QED) is 0.723. The van der Waals surface area contributed by atoms with Crippen molar-refractivity contribution in [3.63, 3.8) is 0 Å². The first kappa shape index (κ1) is 14.8. The molecule has 0 heterocycles. The Morgan fingerprint density at radius 2 is 2.06 bits per heavy atom. The molecule has 0 atom stereocenters. The van der Waals surface area contributed by atoms with Crippen LogP contribution in [0, 0.1) is 0 Å². The fraction of sp³-hybridized carbons (Fsp3) is 0.538. The number of halogens is 2. The van der Waals surface area contributed by atoms with Gasteiger partial charge in [-0.2, -0.15) is 0 Å². The first-order valence-corrected chi connectivity index (χ1v) is 7.19. The van der Waals surface area contributed by atoms with E-state index in [0.717, 1.165) is 36.3 Å². The minimum Gasteiger partial charge on any atom is -0.492 e. The average Bonchev–Trinajstić information content (AvgIpc) is 2.30. The highest BCUT2D eigenvalue weighted by atomic mass is 79.9. The molecule has 0 fully saturated rings. The highest BCUT2D eigenvalue weighted by molar-refractivity contribution is 9.10. The van der Waals surface area contributed by atoms with Gasteiger partial charge in [0.1, 0.15) is 5.75 Å². The zero-order chi connectivity index (χ0) is 12.5. The van der Waals surface area contributed by atoms with Gasteiger partial charge in [-0.25, -0.2) is 0 Å². The van der Waals surface area contributed by atoms with Crippen LogP contribution < -0.4 is 10.1 Å². The van der Waals surface area contributed by atoms with Gasteiger partial charge in [-0.15, -0.1) is 0 Å². The molecule has 0 aliphatic carbocycles. The van der Waals surface area contributed by atoms with Crippen molar-refractivity contribution in [2.45, 2.75) is 26.2 Å². The van der Waals surface area contributed by atoms with Crippen LogP contribution in [0.3, 0.4) is 0 Å². The van der Waals surface area contributed by atoms with Crippen LogP contribution >= 0.6 is 27.5 Å². The maximum atomic E-state index is 5.85. The second kappa shape index (κ2) is 8.78. The highest BCUT2D eigenvalue weighted by Crippen LogP contribution is 2.27. The molecule has 4 heteroatoms. The summed E-state index contributed by atoms with van der Waals surface area (Å²) in [5.41, 5.74) is 0. The summed E-state index contributed by atoms with van der Waals surface area (Å²) in [6.07, 6.45) is 3.49. The van der Waals surface area contributed by atoms with Gasteiger partial charge in [0.25, 0.3) is 0 Å². The van der Waals surface area contributed by atoms with Crippen molar-refractivity contribution in [2.24, 2.45) is 0 Å². The van der Waals surface area contributed by atoms with Gasteiger partial charge < -0.3 is 10.1 Å². The van der Waals surface area contributed by atoms with Crippen LogP contribution in [-0.2, 0) is 0 Å². The van der Waals surface area contributed by atoms with Crippen LogP contribution in [0.1, 0.15) is 26.2 Å². The molecule has 0 saturated carbocycles. The molecule has 1 aromatic rings. The third kappa shape index (κ3) is 6.29. The summed E-state index contributed by atoms with van der Waals surface area (Å²) in [5, 5.41) is 4.10. The molecule has 17 heavy (non-hydrogen) atoms. The maximum Gasteiger partial charge on any atom is 0.133 e. The first-order valence-electron chi connectivity index (χ1n) is 6.02. The molecule has 1 rings (SSSR count). The number of rotatable bonds is 8. The zero-order valence-electron chi connectivity index (χ0n) is 10.1. The molecule has 2 nitrogen and oxygen atoms in total. The summed E-state index contributed by atoms with van der Waals surface area (Å²) < 4.78 is 6.56. The van der Waals surface area contributed by atoms with Gasteiger partial charge in [-0.05, 0) is 60.1 Å². The van der Waals surface area contributed by atoms with Crippen molar-refractivity contribution in [3.8, 4) is 5.75 Å². The van der Waals surface area contributed by atoms with E-state index in [4.69, 9.17) is 16.3 Å². The lowest BCUT2D eigenvalue weighted by Crippen LogP contribution is -2.18. The highest BCUT2D eigenvalue weighted by Gasteiger charge is 2.01. The van der Waals surface area contributed by atoms with E-state index in [1.54, 1.807) is 0 Å². The Kier molecular flexibility index (Phi) is 7.65. The molecular weight excluding hydrogens is 302 g/mol. The standard InChI is InChI=1S/C13H19BrClNO/c1-2-3-7-16-8-4-9-17-13-6-5-11(15)10-12(13)14/h5-6,10,16H,2-4,7-9H2,1H3. The normalized spacial score (nSPS) is 10.5. The Balaban J connectivity index is 2.14. The fourth-order valence-corrected chi connectivity index (χ4v) is 2.20. The minimum absolute atomic E-state index is 0.713. The van der Waals surface area contributed by atoms with Gasteiger partial charge in [0, 0.05) is 5.02 Å². The lowest BCUT2D eigenvalue weighted by molar-refractivity contribution is 0.306. The molecule has 0 bridgehead atoms. The number of ether oxygens (including phenoxy) is 1. The predicted molar refractivity (Wildman–Crippen MR) is 77.0 cm³/mol. The van der Waals surface area contributed by atoms with Crippen LogP contribution in [-0.4, -0.2) is 19.7 Å². The lowest BCUT2D eigenvalue weighted by atomic mass is 10.3. The van der Waals surface area contributed by atoms with E-state index in [2.05, 4.69) is 28.2 Å². The maximum absolute atomic E-state index is 5.85. The summed E-state index contributed by atoms with van der Waals surface area (Å²) in [4.78, 5) is 0. The van der Waals surface area contributed by atoms with E-state index in [9.17, 15) is 0 Å². The molecule has 0 saturated heterocycles. The van der Waals surface area contributed by atoms with Gasteiger partial charge in [-0.1, -0.05) is 24.9 Å². The molecule has 1 aromatic carbocycles. The Morgan fingerprint density at radius 3 is 2.76 bits per heavy atom. The van der Waals surface area contributed by atoms with Crippen molar-refractivity contribution < 1.29 is 4.74 Å². The van der Waals surface area contributed by atoms with Crippen LogP contribution in [0.4, 0.5) is 0 Å². The third-order valence-corrected chi connectivity index (χ3v) is 3.21. The summed E-state index contributed by atoms with van der Waals surface area (Å²) >= 11 is 9.28. The van der Waals surface area contributed by atoms with E-state index >= 15 is 0 Å². The van der Waals surface area contributed by atoms with E-state index < -0.39 is 0 Å². The van der Waals surface area contributed by atoms with Crippen molar-refractivity contribution >= 4 is 27.5 Å². The lowest BCUT2D eigenvalue weighted by Gasteiger charge is -2.08. The van der Waals surface area contributed by atoms with Gasteiger partial charge >= 0.3 is 0 Å². The molecule has 0 spiro atoms. The number of hydrogen-bond donors (Lipinski definition) is 1. The van der Waals surface area contributed by atoms with Crippen LogP contribution in [0.2, 0.25) is 5.02 Å². The largest absolute Gasteiger partial charge is 0.492 e. The Hall–Kier alpha value is -0.250. The molecule has 96 valence electrons. The number of benzene rings is 1. The second-order valence-electron chi connectivity index (χ2n) is 3.88. The summed E-state index contributed by atoms with van der Waals surface area (Å²) in [6, 6.07) is 5.56. The SMILES string of the molecule is CCCCNCCCOc1ccc(Cl)cc1Br. The van der Waals surface area contributed by atoms with Gasteiger partial charge in [0.15, 0.2) is 0 Å². The Labute approximate surface area is 117 Å². The molecule has 0 aliphatic heterocycles. The summed E-state index contributed by atoms with van der Waals surface area (Å²) in [6.45, 7) is 5.02. The van der Waals surface area contributed by atoms with E-state index in [1.807, 2.05) is 18.2 Å². The van der Waals surface area contributed by atoms with E-state index in [1.165, 1.54) is 12.8 Å². The van der Waals surface area contributed by atoms with Crippen LogP contribution in [0.5, 0.6) is 5.75 Å². The van der Waals surface area contributed by atoms with Crippen molar-refractivity contribution in [2.75, 3.05) is 19.7 Å². The number of unbranched alkanes of at least 4 members (excludes halogenated alkanes) is 1. The molecule has 0 aromatic heterocycles. The van der Waals surface area contributed by atoms with Crippen molar-refractivity contribution in [3.05, 3.63) is 27.7 Å². The molecule has 1 N–H and O–H groups in total. The van der Waals surface area contributed by atoms with Crippen molar-refractivity contribution in [1.29, 1.82) is 0 Å². The molecule has 0 amide bonds. The molecule has 0 unspecified atom stereocenters. The predicted octanol–water partition coefficient (Wildman–Crippen LogP) is 4.26. The molecule has 0 radical (unpaired) electrons. The monoisotopic (exact) mass is 319 g/mol. The van der Waals surface area contributed by atoms with E-state index in [0.29, 0.717) is 5.02 Å². The van der Waals surface area contributed by atoms with Gasteiger partial charge in [-0.3, -0.25) is 0 Å². The van der Waals surface area contributed by atoms with Gasteiger partial charge in [0.05, 0.1) is 11.1 Å². The van der Waals surface area contributed by atoms with Crippen LogP contribution in [0.25, 0.3) is 0 Å². The topological polar surface area (TPSA) is 21.3 Å². The van der Waals surface area contributed by atoms with Crippen LogP contribution in [0.15, 0.2) is 22.7 Å². The zero-order valence-corrected chi connectivity index (χ0v) is 12.5. The second-order valence-corrected chi connectivity index (χ2v) is 5.17. The Morgan fingerprint density at radius 1 is 1.29 bits per heavy atom. The smallest absolute Gasteiger partial charge is 0.133 e. The number of nitrogens with one attached hydrogen (secondary N) is 1. The fourth-order valence-electron chi connectivity index (χ4n) is 1.40. The number of hydrogen-bond acceptors (Lipinski definition) is 2. The molecular formula is C13H19BrClNO. The van der Waals surface area contributed by atoms with Gasteiger partial charge in [0.2, 0.25) is 0 Å². The third-order valence-electron chi connectivity index (χ3n) is 2.36. The molecule has 0 aliphatic rings. The summed E-state index contributed by atoms with van der Waals surface area (Å²) in [5.74, 6) is 0.850. The van der Waals surface area contributed by atoms with Crippen molar-refractivity contribution in [1.82, 2.24) is 5.32 Å². The minimum atomic E-state index is 0.713. The first-order chi connectivity index (χ1) is 8.24. The summed E-state index contributed by atoms with van der Waals surface area (Å²) in [7, 11) is 0. The average molecular weight is 321 g/mol.